The minimum absolute atomic E-state index is 0.0410. The van der Waals surface area contributed by atoms with Gasteiger partial charge in [0.15, 0.2) is 5.76 Å². The Labute approximate surface area is 232 Å². The van der Waals surface area contributed by atoms with Gasteiger partial charge in [0, 0.05) is 30.6 Å². The average Bonchev–Trinajstić information content (AvgIpc) is 3.20. The van der Waals surface area contributed by atoms with E-state index in [1.165, 1.54) is 0 Å². The summed E-state index contributed by atoms with van der Waals surface area (Å²) >= 11 is 0. The Hall–Kier alpha value is -4.60. The topological polar surface area (TPSA) is 121 Å². The number of nitrogens with zero attached hydrogens (tertiary/aromatic N) is 2. The van der Waals surface area contributed by atoms with E-state index in [1.54, 1.807) is 35.0 Å². The van der Waals surface area contributed by atoms with Crippen molar-refractivity contribution in [2.24, 2.45) is 7.05 Å². The summed E-state index contributed by atoms with van der Waals surface area (Å²) in [5.74, 6) is -0.873. The molecular formula is C31H32N4O5. The summed E-state index contributed by atoms with van der Waals surface area (Å²) in [4.78, 5) is 27.1. The molecule has 0 aliphatic carbocycles. The molecule has 1 aliphatic rings. The highest BCUT2D eigenvalue weighted by atomic mass is 16.7. The van der Waals surface area contributed by atoms with Gasteiger partial charge < -0.3 is 25.6 Å². The lowest BCUT2D eigenvalue weighted by Gasteiger charge is -2.29. The Morgan fingerprint density at radius 1 is 1.05 bits per heavy atom. The van der Waals surface area contributed by atoms with Crippen molar-refractivity contribution in [2.75, 3.05) is 11.1 Å². The number of carbonyl (C=O) groups is 1. The molecular weight excluding hydrogens is 508 g/mol. The third-order valence-electron chi connectivity index (χ3n) is 7.10. The van der Waals surface area contributed by atoms with E-state index < -0.39 is 18.1 Å². The van der Waals surface area contributed by atoms with E-state index >= 15 is 0 Å². The number of nitrogen functional groups attached to an aromatic ring is 1. The van der Waals surface area contributed by atoms with Gasteiger partial charge in [-0.25, -0.2) is 4.68 Å². The van der Waals surface area contributed by atoms with Crippen LogP contribution in [0.25, 0.3) is 5.69 Å². The highest BCUT2D eigenvalue weighted by Crippen LogP contribution is 2.33. The van der Waals surface area contributed by atoms with E-state index in [1.807, 2.05) is 73.3 Å². The van der Waals surface area contributed by atoms with Gasteiger partial charge in [0.2, 0.25) is 6.29 Å². The summed E-state index contributed by atoms with van der Waals surface area (Å²) in [6, 6.07) is 23.8. The van der Waals surface area contributed by atoms with Crippen LogP contribution in [0.2, 0.25) is 0 Å². The third kappa shape index (κ3) is 5.56. The van der Waals surface area contributed by atoms with Crippen molar-refractivity contribution < 1.29 is 19.4 Å². The molecule has 0 bridgehead atoms. The van der Waals surface area contributed by atoms with Crippen molar-refractivity contribution in [3.63, 3.8) is 0 Å². The number of amides is 1. The van der Waals surface area contributed by atoms with Crippen molar-refractivity contribution in [2.45, 2.75) is 38.8 Å². The molecule has 5 rings (SSSR count). The van der Waals surface area contributed by atoms with Crippen LogP contribution in [0.4, 0.5) is 11.4 Å². The third-order valence-corrected chi connectivity index (χ3v) is 7.10. The molecule has 4 aromatic rings. The quantitative estimate of drug-likeness (QED) is 0.289. The van der Waals surface area contributed by atoms with E-state index in [-0.39, 0.29) is 24.5 Å². The number of ether oxygens (including phenoxy) is 2. The lowest BCUT2D eigenvalue weighted by Crippen LogP contribution is -2.31. The zero-order chi connectivity index (χ0) is 28.2. The fourth-order valence-corrected chi connectivity index (χ4v) is 4.86. The van der Waals surface area contributed by atoms with Crippen LogP contribution in [-0.2, 0) is 34.5 Å². The molecule has 206 valence electrons. The van der Waals surface area contributed by atoms with Gasteiger partial charge in [-0.05, 0) is 48.4 Å². The highest BCUT2D eigenvalue weighted by molar-refractivity contribution is 6.04. The Bertz CT molecular complexity index is 1590. The molecule has 9 nitrogen and oxygen atoms in total. The van der Waals surface area contributed by atoms with E-state index in [2.05, 4.69) is 5.32 Å². The first-order valence-electron chi connectivity index (χ1n) is 13.0. The maximum absolute atomic E-state index is 13.8. The van der Waals surface area contributed by atoms with Gasteiger partial charge >= 0.3 is 0 Å². The summed E-state index contributed by atoms with van der Waals surface area (Å²) in [6.45, 7) is 2.08. The number of aliphatic hydroxyl groups is 1. The lowest BCUT2D eigenvalue weighted by atomic mass is 9.93. The number of hydrogen-bond donors (Lipinski definition) is 3. The number of allylic oxidation sites excluding steroid dienone is 1. The van der Waals surface area contributed by atoms with Gasteiger partial charge in [0.25, 0.3) is 11.5 Å². The molecule has 0 fully saturated rings. The maximum atomic E-state index is 13.8. The molecule has 0 radical (unpaired) electrons. The lowest BCUT2D eigenvalue weighted by molar-refractivity contribution is -0.147. The van der Waals surface area contributed by atoms with Crippen LogP contribution in [0.15, 0.2) is 95.5 Å². The average molecular weight is 541 g/mol. The molecule has 3 aromatic carbocycles. The summed E-state index contributed by atoms with van der Waals surface area (Å²) in [6.07, 6.45) is 1.24. The van der Waals surface area contributed by atoms with Crippen LogP contribution >= 0.6 is 0 Å². The summed E-state index contributed by atoms with van der Waals surface area (Å²) in [7, 11) is 1.84. The molecule has 2 atom stereocenters. The number of carbonyl (C=O) groups excluding carboxylic acids is 1. The highest BCUT2D eigenvalue weighted by Gasteiger charge is 2.33. The SMILES string of the molecule is Cc1c(C2C=C(C(=O)Nc3ccccc3N)OC(OCc3ccc(CO)cc3)C2)c(=O)n(-c2ccccc2)n1C. The Balaban J connectivity index is 1.47. The van der Waals surface area contributed by atoms with E-state index in [4.69, 9.17) is 15.2 Å². The maximum Gasteiger partial charge on any atom is 0.290 e. The molecule has 0 saturated carbocycles. The van der Waals surface area contributed by atoms with Crippen LogP contribution in [0.5, 0.6) is 0 Å². The van der Waals surface area contributed by atoms with Crippen molar-refractivity contribution >= 4 is 17.3 Å². The molecule has 9 heteroatoms. The number of aromatic nitrogens is 2. The zero-order valence-corrected chi connectivity index (χ0v) is 22.4. The number of nitrogens with one attached hydrogen (secondary N) is 1. The first-order chi connectivity index (χ1) is 19.4. The first-order valence-corrected chi connectivity index (χ1v) is 13.0. The van der Waals surface area contributed by atoms with Gasteiger partial charge in [-0.3, -0.25) is 14.3 Å². The number of nitrogens with two attached hydrogens (primary N) is 1. The smallest absolute Gasteiger partial charge is 0.290 e. The fraction of sp³-hybridized carbons (Fsp3) is 0.226. The Morgan fingerprint density at radius 2 is 1.73 bits per heavy atom. The molecule has 1 aliphatic heterocycles. The second kappa shape index (κ2) is 11.6. The van der Waals surface area contributed by atoms with Crippen LogP contribution in [0, 0.1) is 6.92 Å². The van der Waals surface area contributed by atoms with Gasteiger partial charge in [-0.2, -0.15) is 0 Å². The number of hydrogen-bond acceptors (Lipinski definition) is 6. The summed E-state index contributed by atoms with van der Waals surface area (Å²) in [5, 5.41) is 12.1. The summed E-state index contributed by atoms with van der Waals surface area (Å²) < 4.78 is 15.6. The second-order valence-corrected chi connectivity index (χ2v) is 9.72. The molecule has 4 N–H and O–H groups in total. The number of anilines is 2. The summed E-state index contributed by atoms with van der Waals surface area (Å²) in [5.41, 5.74) is 10.5. The van der Waals surface area contributed by atoms with Crippen LogP contribution in [0.1, 0.15) is 34.7 Å². The number of benzene rings is 3. The molecule has 2 heterocycles. The number of para-hydroxylation sites is 3. The number of aliphatic hydroxyl groups excluding tert-OH is 1. The molecule has 1 aromatic heterocycles. The zero-order valence-electron chi connectivity index (χ0n) is 22.4. The van der Waals surface area contributed by atoms with E-state index in [0.29, 0.717) is 23.4 Å². The minimum Gasteiger partial charge on any atom is -0.459 e. The monoisotopic (exact) mass is 540 g/mol. The van der Waals surface area contributed by atoms with Crippen LogP contribution < -0.4 is 16.6 Å². The molecule has 40 heavy (non-hydrogen) atoms. The molecule has 2 unspecified atom stereocenters. The Kier molecular flexibility index (Phi) is 7.86. The van der Waals surface area contributed by atoms with Gasteiger partial charge in [-0.15, -0.1) is 0 Å². The van der Waals surface area contributed by atoms with Gasteiger partial charge in [0.1, 0.15) is 0 Å². The second-order valence-electron chi connectivity index (χ2n) is 9.72. The first kappa shape index (κ1) is 27.0. The van der Waals surface area contributed by atoms with Gasteiger partial charge in [0.05, 0.1) is 30.3 Å². The van der Waals surface area contributed by atoms with Crippen molar-refractivity contribution in [3.8, 4) is 5.69 Å². The van der Waals surface area contributed by atoms with Gasteiger partial charge in [-0.1, -0.05) is 54.6 Å². The largest absolute Gasteiger partial charge is 0.459 e. The van der Waals surface area contributed by atoms with Crippen LogP contribution in [0.3, 0.4) is 0 Å². The van der Waals surface area contributed by atoms with Crippen molar-refractivity contribution in [1.82, 2.24) is 9.36 Å². The Morgan fingerprint density at radius 3 is 2.42 bits per heavy atom. The van der Waals surface area contributed by atoms with E-state index in [9.17, 15) is 14.7 Å². The number of rotatable bonds is 8. The molecule has 0 spiro atoms. The standard InChI is InChI=1S/C31H32N4O5/c1-20-29(31(38)35(34(20)2)24-8-4-3-5-9-24)23-16-27(30(37)33-26-11-7-6-10-25(26)32)40-28(17-23)39-19-22-14-12-21(18-36)13-15-22/h3-16,23,28,36H,17-19,32H2,1-2H3,(H,33,37). The van der Waals surface area contributed by atoms with Crippen molar-refractivity contribution in [1.29, 1.82) is 0 Å². The predicted molar refractivity (Wildman–Crippen MR) is 153 cm³/mol. The molecule has 0 saturated heterocycles. The van der Waals surface area contributed by atoms with Crippen LogP contribution in [-0.4, -0.2) is 26.7 Å². The fourth-order valence-electron chi connectivity index (χ4n) is 4.86. The van der Waals surface area contributed by atoms with E-state index in [0.717, 1.165) is 22.5 Å². The van der Waals surface area contributed by atoms with Crippen molar-refractivity contribution in [3.05, 3.63) is 123 Å². The predicted octanol–water partition coefficient (Wildman–Crippen LogP) is 4.13. The normalized spacial score (nSPS) is 16.7. The minimum atomic E-state index is -0.787. The molecule has 1 amide bonds.